The first-order valence-electron chi connectivity index (χ1n) is 13.5. The highest BCUT2D eigenvalue weighted by Crippen LogP contribution is 2.14. The second-order valence-corrected chi connectivity index (χ2v) is 9.01. The molecule has 0 aromatic rings. The molecule has 0 rings (SSSR count). The third-order valence-electron chi connectivity index (χ3n) is 5.83. The van der Waals surface area contributed by atoms with Gasteiger partial charge in [0, 0.05) is 0 Å². The van der Waals surface area contributed by atoms with Gasteiger partial charge in [0.2, 0.25) is 0 Å². The fourth-order valence-corrected chi connectivity index (χ4v) is 3.84. The zero-order valence-corrected chi connectivity index (χ0v) is 21.1. The molecular weight excluding hydrogens is 388 g/mol. The van der Waals surface area contributed by atoms with Gasteiger partial charge in [-0.3, -0.25) is 9.59 Å². The molecule has 4 heteroatoms. The Balaban J connectivity index is 3.48. The van der Waals surface area contributed by atoms with Gasteiger partial charge in [-0.25, -0.2) is 0 Å². The molecule has 0 fully saturated rings. The lowest BCUT2D eigenvalue weighted by Gasteiger charge is -2.16. The molecule has 0 aromatic carbocycles. The minimum absolute atomic E-state index is 0.000680. The second kappa shape index (κ2) is 23.6. The molecule has 0 aromatic heterocycles. The van der Waals surface area contributed by atoms with E-state index in [1.54, 1.807) is 0 Å². The van der Waals surface area contributed by atoms with Gasteiger partial charge in [0.05, 0.1) is 19.4 Å². The van der Waals surface area contributed by atoms with Crippen molar-refractivity contribution >= 4 is 11.9 Å². The van der Waals surface area contributed by atoms with Crippen LogP contribution in [-0.2, 0) is 19.1 Å². The van der Waals surface area contributed by atoms with Gasteiger partial charge in [-0.15, -0.1) is 0 Å². The van der Waals surface area contributed by atoms with E-state index in [9.17, 15) is 9.59 Å². The fourth-order valence-electron chi connectivity index (χ4n) is 3.84. The molecule has 1 unspecified atom stereocenters. The molecule has 31 heavy (non-hydrogen) atoms. The average Bonchev–Trinajstić information content (AvgIpc) is 2.76. The van der Waals surface area contributed by atoms with Crippen LogP contribution in [0.15, 0.2) is 0 Å². The summed E-state index contributed by atoms with van der Waals surface area (Å²) in [5, 5.41) is 0. The average molecular weight is 441 g/mol. The molecule has 0 aliphatic heterocycles. The van der Waals surface area contributed by atoms with Gasteiger partial charge < -0.3 is 9.47 Å². The lowest BCUT2D eigenvalue weighted by molar-refractivity contribution is -0.154. The Kier molecular flexibility index (Phi) is 22.8. The topological polar surface area (TPSA) is 52.6 Å². The normalized spacial score (nSPS) is 12.0. The second-order valence-electron chi connectivity index (χ2n) is 9.01. The molecule has 0 aliphatic rings. The lowest BCUT2D eigenvalue weighted by atomic mass is 10.0. The highest BCUT2D eigenvalue weighted by Gasteiger charge is 2.15. The Bertz CT molecular complexity index is 408. The Morgan fingerprint density at radius 2 is 1.03 bits per heavy atom. The monoisotopic (exact) mass is 440 g/mol. The minimum atomic E-state index is -0.281. The molecule has 0 saturated heterocycles. The maximum atomic E-state index is 12.0. The van der Waals surface area contributed by atoms with Crippen LogP contribution in [0.4, 0.5) is 0 Å². The highest BCUT2D eigenvalue weighted by atomic mass is 16.5. The zero-order valence-electron chi connectivity index (χ0n) is 21.1. The SMILES string of the molecule is CCCCCCCCCCCCCCCOC(=O)CCC(=O)OC(CCC)CCCC. The number of unbranched alkanes of at least 4 members (excludes halogenated alkanes) is 13. The Labute approximate surface area is 193 Å². The summed E-state index contributed by atoms with van der Waals surface area (Å²) in [5.74, 6) is -0.552. The molecule has 4 nitrogen and oxygen atoms in total. The van der Waals surface area contributed by atoms with Crippen LogP contribution < -0.4 is 0 Å². The van der Waals surface area contributed by atoms with E-state index in [1.165, 1.54) is 70.6 Å². The first kappa shape index (κ1) is 29.9. The van der Waals surface area contributed by atoms with Crippen LogP contribution in [0.2, 0.25) is 0 Å². The molecule has 0 spiro atoms. The molecular formula is C27H52O4. The summed E-state index contributed by atoms with van der Waals surface area (Å²) < 4.78 is 10.8. The maximum Gasteiger partial charge on any atom is 0.306 e. The summed E-state index contributed by atoms with van der Waals surface area (Å²) in [6.45, 7) is 6.97. The third-order valence-corrected chi connectivity index (χ3v) is 5.83. The van der Waals surface area contributed by atoms with Crippen molar-refractivity contribution < 1.29 is 19.1 Å². The zero-order chi connectivity index (χ0) is 23.0. The third kappa shape index (κ3) is 21.9. The quantitative estimate of drug-likeness (QED) is 0.118. The van der Waals surface area contributed by atoms with Crippen LogP contribution in [-0.4, -0.2) is 24.6 Å². The van der Waals surface area contributed by atoms with Crippen molar-refractivity contribution in [3.05, 3.63) is 0 Å². The van der Waals surface area contributed by atoms with E-state index in [1.807, 2.05) is 0 Å². The van der Waals surface area contributed by atoms with E-state index < -0.39 is 0 Å². The predicted octanol–water partition coefficient (Wildman–Crippen LogP) is 8.30. The van der Waals surface area contributed by atoms with E-state index in [2.05, 4.69) is 20.8 Å². The van der Waals surface area contributed by atoms with E-state index in [4.69, 9.17) is 9.47 Å². The molecule has 0 aliphatic carbocycles. The van der Waals surface area contributed by atoms with Gasteiger partial charge in [-0.2, -0.15) is 0 Å². The van der Waals surface area contributed by atoms with Gasteiger partial charge in [-0.1, -0.05) is 117 Å². The number of carbonyl (C=O) groups is 2. The summed E-state index contributed by atoms with van der Waals surface area (Å²) in [4.78, 5) is 23.8. The number of ether oxygens (including phenoxy) is 2. The smallest absolute Gasteiger partial charge is 0.306 e. The van der Waals surface area contributed by atoms with Crippen LogP contribution in [0, 0.1) is 0 Å². The first-order valence-corrected chi connectivity index (χ1v) is 13.5. The number of hydrogen-bond acceptors (Lipinski definition) is 4. The summed E-state index contributed by atoms with van der Waals surface area (Å²) in [6, 6.07) is 0. The molecule has 0 heterocycles. The molecule has 1 atom stereocenters. The van der Waals surface area contributed by atoms with Gasteiger partial charge in [0.15, 0.2) is 0 Å². The fraction of sp³-hybridized carbons (Fsp3) is 0.926. The molecule has 0 radical (unpaired) electrons. The van der Waals surface area contributed by atoms with Gasteiger partial charge in [0.1, 0.15) is 6.10 Å². The number of rotatable bonds is 23. The Morgan fingerprint density at radius 3 is 1.55 bits per heavy atom. The number of hydrogen-bond donors (Lipinski definition) is 0. The van der Waals surface area contributed by atoms with Crippen LogP contribution in [0.3, 0.4) is 0 Å². The van der Waals surface area contributed by atoms with Crippen LogP contribution in [0.25, 0.3) is 0 Å². The maximum absolute atomic E-state index is 12.0. The van der Waals surface area contributed by atoms with Crippen molar-refractivity contribution in [2.45, 2.75) is 155 Å². The molecule has 0 saturated carbocycles. The summed E-state index contributed by atoms with van der Waals surface area (Å²) >= 11 is 0. The van der Waals surface area contributed by atoms with Crippen molar-refractivity contribution in [3.8, 4) is 0 Å². The van der Waals surface area contributed by atoms with Crippen LogP contribution in [0.1, 0.15) is 149 Å². The standard InChI is InChI=1S/C27H52O4/c1-4-7-9-10-11-12-13-14-15-16-17-18-19-24-30-26(28)22-23-27(29)31-25(20-6-3)21-8-5-2/h25H,4-24H2,1-3H3. The van der Waals surface area contributed by atoms with E-state index >= 15 is 0 Å². The predicted molar refractivity (Wildman–Crippen MR) is 130 cm³/mol. The number of esters is 2. The van der Waals surface area contributed by atoms with Crippen molar-refractivity contribution in [2.75, 3.05) is 6.61 Å². The molecule has 0 N–H and O–H groups in total. The van der Waals surface area contributed by atoms with Crippen molar-refractivity contribution in [3.63, 3.8) is 0 Å². The Hall–Kier alpha value is -1.06. The molecule has 0 bridgehead atoms. The molecule has 0 amide bonds. The van der Waals surface area contributed by atoms with Crippen molar-refractivity contribution in [2.24, 2.45) is 0 Å². The highest BCUT2D eigenvalue weighted by molar-refractivity contribution is 5.77. The first-order chi connectivity index (χ1) is 15.1. The van der Waals surface area contributed by atoms with Gasteiger partial charge in [0.25, 0.3) is 0 Å². The summed E-state index contributed by atoms with van der Waals surface area (Å²) in [5.41, 5.74) is 0. The summed E-state index contributed by atoms with van der Waals surface area (Å²) in [6.07, 6.45) is 22.2. The van der Waals surface area contributed by atoms with E-state index in [-0.39, 0.29) is 30.9 Å². The van der Waals surface area contributed by atoms with E-state index in [0.29, 0.717) is 6.61 Å². The number of carbonyl (C=O) groups excluding carboxylic acids is 2. The van der Waals surface area contributed by atoms with Gasteiger partial charge >= 0.3 is 11.9 Å². The lowest BCUT2D eigenvalue weighted by Crippen LogP contribution is -2.19. The largest absolute Gasteiger partial charge is 0.466 e. The van der Waals surface area contributed by atoms with Gasteiger partial charge in [-0.05, 0) is 19.3 Å². The Morgan fingerprint density at radius 1 is 0.548 bits per heavy atom. The van der Waals surface area contributed by atoms with E-state index in [0.717, 1.165) is 44.9 Å². The van der Waals surface area contributed by atoms with Crippen LogP contribution >= 0.6 is 0 Å². The molecule has 184 valence electrons. The van der Waals surface area contributed by atoms with Crippen LogP contribution in [0.5, 0.6) is 0 Å². The van der Waals surface area contributed by atoms with Crippen molar-refractivity contribution in [1.29, 1.82) is 0 Å². The van der Waals surface area contributed by atoms with Crippen molar-refractivity contribution in [1.82, 2.24) is 0 Å². The minimum Gasteiger partial charge on any atom is -0.466 e. The summed E-state index contributed by atoms with van der Waals surface area (Å²) in [7, 11) is 0.